The summed E-state index contributed by atoms with van der Waals surface area (Å²) < 4.78 is 31.0. The summed E-state index contributed by atoms with van der Waals surface area (Å²) in [4.78, 5) is 43.1. The summed E-state index contributed by atoms with van der Waals surface area (Å²) in [5.41, 5.74) is 0.869. The molecule has 0 spiro atoms. The molecule has 2 amide bonds. The Hall–Kier alpha value is -4.67. The maximum absolute atomic E-state index is 15.9. The zero-order valence-corrected chi connectivity index (χ0v) is 24.6. The summed E-state index contributed by atoms with van der Waals surface area (Å²) in [6, 6.07) is 2.86. The van der Waals surface area contributed by atoms with Gasteiger partial charge in [-0.3, -0.25) is 24.5 Å². The molecule has 222 valence electrons. The van der Waals surface area contributed by atoms with E-state index in [-0.39, 0.29) is 23.2 Å². The molecule has 0 unspecified atom stereocenters. The maximum Gasteiger partial charge on any atom is 0.246 e. The molecular formula is C31H36F2N6O3. The fraction of sp³-hybridized carbons (Fsp3) is 0.323. The van der Waals surface area contributed by atoms with Crippen LogP contribution < -0.4 is 4.90 Å². The zero-order chi connectivity index (χ0) is 31.1. The van der Waals surface area contributed by atoms with Crippen molar-refractivity contribution in [1.82, 2.24) is 19.8 Å². The first-order valence-electron chi connectivity index (χ1n) is 13.5. The minimum atomic E-state index is -0.950. The van der Waals surface area contributed by atoms with E-state index >= 15 is 8.78 Å². The second-order valence-corrected chi connectivity index (χ2v) is 9.85. The van der Waals surface area contributed by atoms with E-state index in [9.17, 15) is 14.7 Å². The van der Waals surface area contributed by atoms with Gasteiger partial charge in [0, 0.05) is 39.4 Å². The van der Waals surface area contributed by atoms with Crippen molar-refractivity contribution in [2.24, 2.45) is 4.99 Å². The molecule has 1 aliphatic rings. The molecule has 3 rings (SSSR count). The lowest BCUT2D eigenvalue weighted by Gasteiger charge is -2.37. The minimum Gasteiger partial charge on any atom is -0.507 e. The predicted octanol–water partition coefficient (Wildman–Crippen LogP) is 5.38. The number of pyridine rings is 2. The first-order chi connectivity index (χ1) is 20.0. The maximum atomic E-state index is 15.9. The number of amidine groups is 1. The number of aliphatic imine (C=N–C) groups is 1. The molecule has 0 atom stereocenters. The fourth-order valence-corrected chi connectivity index (χ4v) is 4.82. The van der Waals surface area contributed by atoms with Gasteiger partial charge in [-0.25, -0.2) is 13.8 Å². The number of aliphatic hydroxyl groups excluding tert-OH is 1. The van der Waals surface area contributed by atoms with E-state index in [0.717, 1.165) is 18.2 Å². The molecule has 1 saturated heterocycles. The van der Waals surface area contributed by atoms with E-state index in [4.69, 9.17) is 0 Å². The second kappa shape index (κ2) is 13.8. The standard InChI is InChI=1S/C31H36F2N6O3/c1-8-22(32)26(24(41)9-2)28-23(33)17-21(30(34-7)38-15-13-37(14-16-38)25(42)10-3)31(36-28)39(18-40)29-20(6)11-12-35-27(29)19(4)5/h8-12,17-19,41H,2-3,13-16H2,1,4-7H3/b22-8+,26-24-,34-30+. The number of rotatable bonds is 9. The number of amides is 2. The summed E-state index contributed by atoms with van der Waals surface area (Å²) in [7, 11) is 1.53. The van der Waals surface area contributed by atoms with Crippen molar-refractivity contribution in [2.45, 2.75) is 33.6 Å². The Morgan fingerprint density at radius 1 is 1.19 bits per heavy atom. The molecule has 9 nitrogen and oxygen atoms in total. The third-order valence-corrected chi connectivity index (χ3v) is 6.93. The normalized spacial score (nSPS) is 15.0. The molecule has 1 fully saturated rings. The summed E-state index contributed by atoms with van der Waals surface area (Å²) >= 11 is 0. The van der Waals surface area contributed by atoms with E-state index in [1.54, 1.807) is 17.2 Å². The van der Waals surface area contributed by atoms with E-state index in [0.29, 0.717) is 55.4 Å². The van der Waals surface area contributed by atoms with Crippen LogP contribution in [0.3, 0.4) is 0 Å². The monoisotopic (exact) mass is 578 g/mol. The van der Waals surface area contributed by atoms with Crippen LogP contribution in [0.15, 0.2) is 66.3 Å². The predicted molar refractivity (Wildman–Crippen MR) is 161 cm³/mol. The topological polar surface area (TPSA) is 102 Å². The van der Waals surface area contributed by atoms with Gasteiger partial charge in [-0.2, -0.15) is 0 Å². The Kier molecular flexibility index (Phi) is 10.5. The highest BCUT2D eigenvalue weighted by atomic mass is 19.1. The summed E-state index contributed by atoms with van der Waals surface area (Å²) in [6.45, 7) is 15.5. The average Bonchev–Trinajstić information content (AvgIpc) is 2.99. The van der Waals surface area contributed by atoms with Crippen molar-refractivity contribution in [1.29, 1.82) is 0 Å². The van der Waals surface area contributed by atoms with Gasteiger partial charge >= 0.3 is 0 Å². The van der Waals surface area contributed by atoms with Crippen LogP contribution in [0.1, 0.15) is 49.2 Å². The van der Waals surface area contributed by atoms with Crippen LogP contribution in [0, 0.1) is 12.7 Å². The fourth-order valence-electron chi connectivity index (χ4n) is 4.82. The van der Waals surface area contributed by atoms with Gasteiger partial charge in [-0.1, -0.05) is 33.1 Å². The number of anilines is 2. The molecule has 0 radical (unpaired) electrons. The van der Waals surface area contributed by atoms with E-state index in [1.807, 2.05) is 25.7 Å². The molecule has 1 N–H and O–H groups in total. The number of allylic oxidation sites excluding steroid dienone is 4. The number of aryl methyl sites for hydroxylation is 1. The Morgan fingerprint density at radius 3 is 2.36 bits per heavy atom. The zero-order valence-electron chi connectivity index (χ0n) is 24.6. The Morgan fingerprint density at radius 2 is 1.83 bits per heavy atom. The molecule has 0 aromatic carbocycles. The van der Waals surface area contributed by atoms with Crippen LogP contribution in [-0.4, -0.2) is 76.3 Å². The molecule has 11 heteroatoms. The van der Waals surface area contributed by atoms with Crippen LogP contribution in [0.25, 0.3) is 5.57 Å². The number of aromatic nitrogens is 2. The van der Waals surface area contributed by atoms with Crippen LogP contribution in [0.2, 0.25) is 0 Å². The van der Waals surface area contributed by atoms with Gasteiger partial charge in [0.15, 0.2) is 11.6 Å². The minimum absolute atomic E-state index is 0.0390. The van der Waals surface area contributed by atoms with Crippen molar-refractivity contribution >= 4 is 35.2 Å². The first-order valence-corrected chi connectivity index (χ1v) is 13.5. The van der Waals surface area contributed by atoms with Gasteiger partial charge in [-0.05, 0) is 49.6 Å². The summed E-state index contributed by atoms with van der Waals surface area (Å²) in [5.74, 6) is -2.52. The summed E-state index contributed by atoms with van der Waals surface area (Å²) in [5, 5.41) is 10.5. The molecule has 2 aromatic rings. The number of hydrogen-bond acceptors (Lipinski definition) is 6. The molecule has 0 aliphatic carbocycles. The molecule has 0 saturated carbocycles. The van der Waals surface area contributed by atoms with Crippen LogP contribution in [0.4, 0.5) is 20.3 Å². The van der Waals surface area contributed by atoms with Gasteiger partial charge < -0.3 is 14.9 Å². The number of hydrogen-bond donors (Lipinski definition) is 1. The Bertz CT molecular complexity index is 1470. The largest absolute Gasteiger partial charge is 0.507 e. The number of halogens is 2. The summed E-state index contributed by atoms with van der Waals surface area (Å²) in [6.07, 6.45) is 5.47. The van der Waals surface area contributed by atoms with Crippen LogP contribution in [-0.2, 0) is 9.59 Å². The van der Waals surface area contributed by atoms with Crippen molar-refractivity contribution < 1.29 is 23.5 Å². The van der Waals surface area contributed by atoms with Crippen molar-refractivity contribution in [3.05, 3.63) is 89.6 Å². The van der Waals surface area contributed by atoms with Crippen molar-refractivity contribution in [2.75, 3.05) is 38.1 Å². The van der Waals surface area contributed by atoms with E-state index < -0.39 is 28.7 Å². The van der Waals surface area contributed by atoms with E-state index in [2.05, 4.69) is 28.1 Å². The highest BCUT2D eigenvalue weighted by molar-refractivity contribution is 6.06. The van der Waals surface area contributed by atoms with Crippen LogP contribution >= 0.6 is 0 Å². The molecule has 1 aliphatic heterocycles. The Balaban J connectivity index is 2.35. The Labute approximate surface area is 244 Å². The first kappa shape index (κ1) is 31.9. The SMILES string of the molecule is C=CC(=O)N1CCN(/C(=N/C)c2cc(F)c(C(/C(F)=C\C)=C(\O)C=C)nc2N(C=O)c2c(C)ccnc2C(C)C)CC1. The number of carbonyl (C=O) groups excluding carboxylic acids is 2. The van der Waals surface area contributed by atoms with Gasteiger partial charge in [0.05, 0.1) is 22.5 Å². The quantitative estimate of drug-likeness (QED) is 0.107. The average molecular weight is 579 g/mol. The highest BCUT2D eigenvalue weighted by Gasteiger charge is 2.31. The number of aliphatic hydroxyl groups is 1. The lowest BCUT2D eigenvalue weighted by atomic mass is 10.0. The number of nitrogens with zero attached hydrogens (tertiary/aromatic N) is 6. The van der Waals surface area contributed by atoms with Gasteiger partial charge in [-0.15, -0.1) is 0 Å². The van der Waals surface area contributed by atoms with Crippen molar-refractivity contribution in [3.63, 3.8) is 0 Å². The second-order valence-electron chi connectivity index (χ2n) is 9.85. The van der Waals surface area contributed by atoms with Gasteiger partial charge in [0.2, 0.25) is 12.3 Å². The molecule has 3 heterocycles. The smallest absolute Gasteiger partial charge is 0.246 e. The third kappa shape index (κ3) is 6.29. The van der Waals surface area contributed by atoms with Gasteiger partial charge in [0.1, 0.15) is 23.1 Å². The van der Waals surface area contributed by atoms with Gasteiger partial charge in [0.25, 0.3) is 0 Å². The molecule has 0 bridgehead atoms. The van der Waals surface area contributed by atoms with Crippen molar-refractivity contribution in [3.8, 4) is 0 Å². The molecule has 42 heavy (non-hydrogen) atoms. The van der Waals surface area contributed by atoms with Crippen LogP contribution in [0.5, 0.6) is 0 Å². The number of piperazine rings is 1. The molecule has 2 aromatic heterocycles. The van der Waals surface area contributed by atoms with E-state index in [1.165, 1.54) is 24.9 Å². The highest BCUT2D eigenvalue weighted by Crippen LogP contribution is 2.37. The number of carbonyl (C=O) groups is 2. The third-order valence-electron chi connectivity index (χ3n) is 6.93. The lowest BCUT2D eigenvalue weighted by Crippen LogP contribution is -2.50. The lowest BCUT2D eigenvalue weighted by molar-refractivity contribution is -0.127. The molecular weight excluding hydrogens is 542 g/mol.